The van der Waals surface area contributed by atoms with Gasteiger partial charge in [0.15, 0.2) is 0 Å². The molecule has 17 heavy (non-hydrogen) atoms. The Morgan fingerprint density at radius 1 is 1.53 bits per heavy atom. The van der Waals surface area contributed by atoms with E-state index in [0.717, 1.165) is 11.6 Å². The molecule has 1 heterocycles. The summed E-state index contributed by atoms with van der Waals surface area (Å²) in [7, 11) is 2.19. The van der Waals surface area contributed by atoms with Crippen LogP contribution in [0.1, 0.15) is 31.4 Å². The minimum Gasteiger partial charge on any atom is -0.313 e. The van der Waals surface area contributed by atoms with Gasteiger partial charge in [0.1, 0.15) is 0 Å². The fourth-order valence-electron chi connectivity index (χ4n) is 2.44. The van der Waals surface area contributed by atoms with Crippen LogP contribution in [0.15, 0.2) is 24.3 Å². The lowest BCUT2D eigenvalue weighted by Gasteiger charge is -2.28. The summed E-state index contributed by atoms with van der Waals surface area (Å²) < 4.78 is 0. The molecule has 1 aromatic carbocycles. The third-order valence-electron chi connectivity index (χ3n) is 3.66. The summed E-state index contributed by atoms with van der Waals surface area (Å²) in [5.41, 5.74) is 1.29. The van der Waals surface area contributed by atoms with Crippen LogP contribution in [0, 0.1) is 0 Å². The maximum Gasteiger partial charge on any atom is 0.0409 e. The quantitative estimate of drug-likeness (QED) is 0.886. The Kier molecular flexibility index (Phi) is 4.43. The van der Waals surface area contributed by atoms with Gasteiger partial charge in [-0.2, -0.15) is 0 Å². The highest BCUT2D eigenvalue weighted by atomic mass is 35.5. The molecule has 1 aromatic rings. The molecule has 3 heteroatoms. The van der Waals surface area contributed by atoms with Crippen molar-refractivity contribution in [3.8, 4) is 0 Å². The number of nitrogens with zero attached hydrogens (tertiary/aromatic N) is 1. The molecule has 1 N–H and O–H groups in total. The first-order valence-electron chi connectivity index (χ1n) is 6.36. The smallest absolute Gasteiger partial charge is 0.0409 e. The Bertz CT molecular complexity index is 361. The van der Waals surface area contributed by atoms with Crippen LogP contribution < -0.4 is 5.32 Å². The van der Waals surface area contributed by atoms with E-state index in [2.05, 4.69) is 36.3 Å². The van der Waals surface area contributed by atoms with Gasteiger partial charge < -0.3 is 5.32 Å². The molecule has 0 aromatic heterocycles. The van der Waals surface area contributed by atoms with Gasteiger partial charge in [-0.15, -0.1) is 0 Å². The Labute approximate surface area is 109 Å². The lowest BCUT2D eigenvalue weighted by Crippen LogP contribution is -2.36. The lowest BCUT2D eigenvalue weighted by molar-refractivity contribution is 0.238. The van der Waals surface area contributed by atoms with Crippen LogP contribution >= 0.6 is 11.6 Å². The molecule has 0 radical (unpaired) electrons. The van der Waals surface area contributed by atoms with Crippen LogP contribution in [0.5, 0.6) is 0 Å². The number of rotatable bonds is 4. The third kappa shape index (κ3) is 3.44. The Hall–Kier alpha value is -0.570. The Balaban J connectivity index is 1.96. The average Bonchev–Trinajstić information content (AvgIpc) is 2.80. The predicted molar refractivity (Wildman–Crippen MR) is 73.5 cm³/mol. The van der Waals surface area contributed by atoms with Crippen LogP contribution in [0.25, 0.3) is 0 Å². The van der Waals surface area contributed by atoms with Crippen molar-refractivity contribution in [3.63, 3.8) is 0 Å². The van der Waals surface area contributed by atoms with Gasteiger partial charge in [-0.1, -0.05) is 23.7 Å². The number of nitrogens with one attached hydrogen (secondary N) is 1. The average molecular weight is 253 g/mol. The summed E-state index contributed by atoms with van der Waals surface area (Å²) in [5.74, 6) is 0. The molecule has 0 spiro atoms. The van der Waals surface area contributed by atoms with Crippen molar-refractivity contribution in [1.29, 1.82) is 0 Å². The normalized spacial score (nSPS) is 22.0. The van der Waals surface area contributed by atoms with Crippen LogP contribution in [0.3, 0.4) is 0 Å². The second kappa shape index (κ2) is 5.85. The molecule has 94 valence electrons. The van der Waals surface area contributed by atoms with Crippen molar-refractivity contribution in [2.75, 3.05) is 20.1 Å². The number of hydrogen-bond donors (Lipinski definition) is 1. The summed E-state index contributed by atoms with van der Waals surface area (Å²) in [6.07, 6.45) is 2.61. The van der Waals surface area contributed by atoms with Crippen LogP contribution in [-0.2, 0) is 0 Å². The van der Waals surface area contributed by atoms with E-state index < -0.39 is 0 Å². The topological polar surface area (TPSA) is 15.3 Å². The van der Waals surface area contributed by atoms with Gasteiger partial charge >= 0.3 is 0 Å². The third-order valence-corrected chi connectivity index (χ3v) is 3.90. The van der Waals surface area contributed by atoms with E-state index in [-0.39, 0.29) is 0 Å². The minimum absolute atomic E-state index is 0.413. The van der Waals surface area contributed by atoms with E-state index >= 15 is 0 Å². The van der Waals surface area contributed by atoms with Crippen molar-refractivity contribution in [2.24, 2.45) is 0 Å². The second-order valence-corrected chi connectivity index (χ2v) is 5.40. The molecule has 2 nitrogen and oxygen atoms in total. The zero-order valence-electron chi connectivity index (χ0n) is 10.6. The van der Waals surface area contributed by atoms with Crippen molar-refractivity contribution >= 4 is 11.6 Å². The zero-order chi connectivity index (χ0) is 12.3. The van der Waals surface area contributed by atoms with E-state index in [9.17, 15) is 0 Å². The largest absolute Gasteiger partial charge is 0.313 e. The highest BCUT2D eigenvalue weighted by Gasteiger charge is 2.19. The standard InChI is InChI=1S/C14H21ClN2/c1-11(12-5-3-6-13(15)9-12)17(2)10-14-7-4-8-16-14/h3,5-6,9,11,14,16H,4,7-8,10H2,1-2H3/t11?,14-/m0/s1. The molecule has 1 aliphatic rings. The molecule has 2 rings (SSSR count). The van der Waals surface area contributed by atoms with Crippen molar-refractivity contribution in [2.45, 2.75) is 31.8 Å². The number of hydrogen-bond acceptors (Lipinski definition) is 2. The molecule has 1 fully saturated rings. The number of benzene rings is 1. The van der Waals surface area contributed by atoms with E-state index in [0.29, 0.717) is 12.1 Å². The van der Waals surface area contributed by atoms with Gasteiger partial charge in [-0.05, 0) is 51.1 Å². The predicted octanol–water partition coefficient (Wildman–Crippen LogP) is 3.08. The van der Waals surface area contributed by atoms with Gasteiger partial charge in [0.2, 0.25) is 0 Å². The Morgan fingerprint density at radius 2 is 2.35 bits per heavy atom. The molecule has 1 saturated heterocycles. The summed E-state index contributed by atoms with van der Waals surface area (Å²) >= 11 is 6.03. The molecule has 0 amide bonds. The van der Waals surface area contributed by atoms with Gasteiger partial charge in [0.25, 0.3) is 0 Å². The highest BCUT2D eigenvalue weighted by Crippen LogP contribution is 2.22. The van der Waals surface area contributed by atoms with E-state index in [1.54, 1.807) is 0 Å². The molecule has 0 saturated carbocycles. The molecule has 0 aliphatic carbocycles. The van der Waals surface area contributed by atoms with Gasteiger partial charge in [-0.25, -0.2) is 0 Å². The van der Waals surface area contributed by atoms with Crippen molar-refractivity contribution in [1.82, 2.24) is 10.2 Å². The molecule has 2 atom stereocenters. The molecule has 1 aliphatic heterocycles. The van der Waals surface area contributed by atoms with E-state index in [1.807, 2.05) is 12.1 Å². The van der Waals surface area contributed by atoms with Crippen molar-refractivity contribution < 1.29 is 0 Å². The summed E-state index contributed by atoms with van der Waals surface area (Å²) in [4.78, 5) is 2.40. The first-order chi connectivity index (χ1) is 8.16. The first kappa shape index (κ1) is 12.9. The fourth-order valence-corrected chi connectivity index (χ4v) is 2.64. The molecular weight excluding hydrogens is 232 g/mol. The maximum absolute atomic E-state index is 6.03. The van der Waals surface area contributed by atoms with Gasteiger partial charge in [0, 0.05) is 23.7 Å². The first-order valence-corrected chi connectivity index (χ1v) is 6.73. The fraction of sp³-hybridized carbons (Fsp3) is 0.571. The summed E-state index contributed by atoms with van der Waals surface area (Å²) in [6.45, 7) is 4.51. The van der Waals surface area contributed by atoms with E-state index in [1.165, 1.54) is 24.9 Å². The number of likely N-dealkylation sites (N-methyl/N-ethyl adjacent to an activating group) is 1. The van der Waals surface area contributed by atoms with Crippen LogP contribution in [0.4, 0.5) is 0 Å². The second-order valence-electron chi connectivity index (χ2n) is 4.96. The van der Waals surface area contributed by atoms with Crippen LogP contribution in [0.2, 0.25) is 5.02 Å². The van der Waals surface area contributed by atoms with Gasteiger partial charge in [-0.3, -0.25) is 4.90 Å². The van der Waals surface area contributed by atoms with Crippen LogP contribution in [-0.4, -0.2) is 31.1 Å². The van der Waals surface area contributed by atoms with E-state index in [4.69, 9.17) is 11.6 Å². The Morgan fingerprint density at radius 3 is 3.00 bits per heavy atom. The maximum atomic E-state index is 6.03. The SMILES string of the molecule is CC(c1cccc(Cl)c1)N(C)C[C@@H]1CCCN1. The lowest BCUT2D eigenvalue weighted by atomic mass is 10.1. The number of halogens is 1. The molecular formula is C14H21ClN2. The molecule has 1 unspecified atom stereocenters. The van der Waals surface area contributed by atoms with Crippen molar-refractivity contribution in [3.05, 3.63) is 34.9 Å². The molecule has 0 bridgehead atoms. The van der Waals surface area contributed by atoms with Gasteiger partial charge in [0.05, 0.1) is 0 Å². The monoisotopic (exact) mass is 252 g/mol. The highest BCUT2D eigenvalue weighted by molar-refractivity contribution is 6.30. The minimum atomic E-state index is 0.413. The zero-order valence-corrected chi connectivity index (χ0v) is 11.4. The summed E-state index contributed by atoms with van der Waals surface area (Å²) in [6, 6.07) is 9.23. The summed E-state index contributed by atoms with van der Waals surface area (Å²) in [5, 5.41) is 4.36.